The molecule has 10 heteroatoms. The van der Waals surface area contributed by atoms with Gasteiger partial charge in [0.1, 0.15) is 11.4 Å². The topological polar surface area (TPSA) is 127 Å². The summed E-state index contributed by atoms with van der Waals surface area (Å²) < 4.78 is 5.61. The molecule has 186 valence electrons. The zero-order valence-electron chi connectivity index (χ0n) is 20.4. The van der Waals surface area contributed by atoms with Crippen LogP contribution in [0.1, 0.15) is 29.6 Å². The number of hydrogen-bond acceptors (Lipinski definition) is 7. The number of likely N-dealkylation sites (tertiary alicyclic amines) is 1. The molecule has 36 heavy (non-hydrogen) atoms. The number of hydrogen-bond donors (Lipinski definition) is 3. The molecule has 3 aromatic rings. The minimum Gasteiger partial charge on any atom is -0.496 e. The number of aromatic amines is 1. The molecule has 10 nitrogen and oxygen atoms in total. The number of methoxy groups -OCH3 is 1. The van der Waals surface area contributed by atoms with Gasteiger partial charge in [0, 0.05) is 61.3 Å². The average Bonchev–Trinajstić information content (AvgIpc) is 3.57. The number of rotatable bonds is 6. The molecule has 0 radical (unpaired) electrons. The van der Waals surface area contributed by atoms with Gasteiger partial charge >= 0.3 is 0 Å². The number of piperidine rings is 1. The molecule has 2 aromatic carbocycles. The van der Waals surface area contributed by atoms with E-state index in [2.05, 4.69) is 20.6 Å². The van der Waals surface area contributed by atoms with E-state index in [9.17, 15) is 9.59 Å². The molecule has 0 atom stereocenters. The number of H-pyrrole nitrogens is 1. The van der Waals surface area contributed by atoms with Crippen LogP contribution >= 0.6 is 0 Å². The van der Waals surface area contributed by atoms with Gasteiger partial charge in [0.15, 0.2) is 0 Å². The first-order chi connectivity index (χ1) is 17.5. The van der Waals surface area contributed by atoms with Crippen LogP contribution in [0.25, 0.3) is 11.1 Å². The summed E-state index contributed by atoms with van der Waals surface area (Å²) in [6.07, 6.45) is 5.56. The highest BCUT2D eigenvalue weighted by Crippen LogP contribution is 2.44. The minimum absolute atomic E-state index is 0.0979. The third-order valence-electron chi connectivity index (χ3n) is 7.46. The van der Waals surface area contributed by atoms with E-state index >= 15 is 0 Å². The van der Waals surface area contributed by atoms with Gasteiger partial charge in [-0.25, -0.2) is 5.53 Å². The fourth-order valence-electron chi connectivity index (χ4n) is 5.30. The van der Waals surface area contributed by atoms with Crippen LogP contribution in [0.15, 0.2) is 53.9 Å². The van der Waals surface area contributed by atoms with Gasteiger partial charge in [-0.15, -0.1) is 0 Å². The van der Waals surface area contributed by atoms with Crippen molar-refractivity contribution in [2.24, 2.45) is 10.5 Å². The van der Waals surface area contributed by atoms with E-state index in [-0.39, 0.29) is 11.8 Å². The SMILES string of the molecule is CNc1ccc(C(=O)N2CCC3(CC2)CCN(c2ccc(-c4cn[nH]c4)c(OC)c2)C3=O)cc1N=N. The Kier molecular flexibility index (Phi) is 6.17. The lowest BCUT2D eigenvalue weighted by Crippen LogP contribution is -2.46. The van der Waals surface area contributed by atoms with E-state index in [1.54, 1.807) is 49.7 Å². The van der Waals surface area contributed by atoms with Crippen LogP contribution in [0.5, 0.6) is 5.75 Å². The van der Waals surface area contributed by atoms with Gasteiger partial charge in [0.25, 0.3) is 5.91 Å². The Bertz CT molecular complexity index is 1300. The molecule has 0 aliphatic carbocycles. The van der Waals surface area contributed by atoms with Crippen molar-refractivity contribution in [1.29, 1.82) is 5.53 Å². The quantitative estimate of drug-likeness (QED) is 0.443. The number of nitrogens with zero attached hydrogens (tertiary/aromatic N) is 4. The van der Waals surface area contributed by atoms with E-state index in [1.807, 2.05) is 23.1 Å². The third-order valence-corrected chi connectivity index (χ3v) is 7.46. The zero-order chi connectivity index (χ0) is 25.3. The molecule has 0 unspecified atom stereocenters. The first kappa shape index (κ1) is 23.5. The van der Waals surface area contributed by atoms with Crippen molar-refractivity contribution in [2.75, 3.05) is 44.0 Å². The van der Waals surface area contributed by atoms with E-state index in [1.165, 1.54) is 0 Å². The first-order valence-corrected chi connectivity index (χ1v) is 12.0. The summed E-state index contributed by atoms with van der Waals surface area (Å²) >= 11 is 0. The monoisotopic (exact) mass is 487 g/mol. The molecule has 5 rings (SSSR count). The van der Waals surface area contributed by atoms with Crippen LogP contribution in [0.2, 0.25) is 0 Å². The smallest absolute Gasteiger partial charge is 0.253 e. The molecule has 2 aliphatic heterocycles. The second kappa shape index (κ2) is 9.44. The Morgan fingerprint density at radius 2 is 1.94 bits per heavy atom. The largest absolute Gasteiger partial charge is 0.496 e. The minimum atomic E-state index is -0.453. The molecule has 2 amide bonds. The maximum absolute atomic E-state index is 13.6. The van der Waals surface area contributed by atoms with Gasteiger partial charge < -0.3 is 19.9 Å². The highest BCUT2D eigenvalue weighted by Gasteiger charge is 2.49. The normalized spacial score (nSPS) is 16.9. The van der Waals surface area contributed by atoms with Crippen molar-refractivity contribution in [3.8, 4) is 16.9 Å². The lowest BCUT2D eigenvalue weighted by molar-refractivity contribution is -0.127. The molecule has 3 heterocycles. The van der Waals surface area contributed by atoms with E-state index < -0.39 is 5.41 Å². The number of carbonyl (C=O) groups is 2. The summed E-state index contributed by atoms with van der Waals surface area (Å²) in [4.78, 5) is 30.4. The number of ether oxygens (including phenoxy) is 1. The van der Waals surface area contributed by atoms with Gasteiger partial charge in [-0.1, -0.05) is 0 Å². The highest BCUT2D eigenvalue weighted by molar-refractivity contribution is 6.01. The second-order valence-corrected chi connectivity index (χ2v) is 9.24. The van der Waals surface area contributed by atoms with Crippen molar-refractivity contribution in [3.05, 3.63) is 54.4 Å². The number of nitrogens with one attached hydrogen (secondary N) is 3. The first-order valence-electron chi connectivity index (χ1n) is 12.0. The van der Waals surface area contributed by atoms with Crippen LogP contribution in [0.4, 0.5) is 17.1 Å². The Labute approximate surface area is 209 Å². The number of anilines is 2. The Morgan fingerprint density at radius 3 is 2.61 bits per heavy atom. The zero-order valence-corrected chi connectivity index (χ0v) is 20.4. The lowest BCUT2D eigenvalue weighted by Gasteiger charge is -2.38. The summed E-state index contributed by atoms with van der Waals surface area (Å²) in [5.74, 6) is 0.701. The fraction of sp³-hybridized carbons (Fsp3) is 0.346. The molecule has 1 spiro atoms. The number of aromatic nitrogens is 2. The fourth-order valence-corrected chi connectivity index (χ4v) is 5.30. The number of benzene rings is 2. The average molecular weight is 488 g/mol. The highest BCUT2D eigenvalue weighted by atomic mass is 16.5. The summed E-state index contributed by atoms with van der Waals surface area (Å²) in [7, 11) is 3.37. The summed E-state index contributed by atoms with van der Waals surface area (Å²) in [5, 5.41) is 13.3. The van der Waals surface area contributed by atoms with Crippen molar-refractivity contribution >= 4 is 28.9 Å². The van der Waals surface area contributed by atoms with Crippen LogP contribution in [0.3, 0.4) is 0 Å². The van der Waals surface area contributed by atoms with Gasteiger partial charge in [-0.2, -0.15) is 10.2 Å². The molecule has 3 N–H and O–H groups in total. The Balaban J connectivity index is 1.29. The Morgan fingerprint density at radius 1 is 1.17 bits per heavy atom. The van der Waals surface area contributed by atoms with Crippen molar-refractivity contribution in [1.82, 2.24) is 15.1 Å². The standard InChI is InChI=1S/C26H29N7O3/c1-28-21-6-3-17(13-22(21)31-27)24(34)32-10-7-26(8-11-32)9-12-33(25(26)35)19-4-5-20(23(14-19)36-2)18-15-29-30-16-18/h3-6,13-16,27-28H,7-12H2,1-2H3,(H,29,30). The van der Waals surface area contributed by atoms with Crippen LogP contribution in [-0.4, -0.2) is 60.7 Å². The molecule has 0 saturated carbocycles. The maximum Gasteiger partial charge on any atom is 0.253 e. The molecule has 2 fully saturated rings. The maximum atomic E-state index is 13.6. The van der Waals surface area contributed by atoms with Crippen LogP contribution in [-0.2, 0) is 4.79 Å². The van der Waals surface area contributed by atoms with E-state index in [0.29, 0.717) is 55.2 Å². The summed E-state index contributed by atoms with van der Waals surface area (Å²) in [5.41, 5.74) is 11.2. The summed E-state index contributed by atoms with van der Waals surface area (Å²) in [6, 6.07) is 10.9. The predicted molar refractivity (Wildman–Crippen MR) is 136 cm³/mol. The van der Waals surface area contributed by atoms with Crippen molar-refractivity contribution in [3.63, 3.8) is 0 Å². The molecule has 0 bridgehead atoms. The molecular formula is C26H29N7O3. The molecule has 2 aliphatic rings. The van der Waals surface area contributed by atoms with Gasteiger partial charge in [0.2, 0.25) is 5.91 Å². The van der Waals surface area contributed by atoms with Crippen molar-refractivity contribution in [2.45, 2.75) is 19.3 Å². The second-order valence-electron chi connectivity index (χ2n) is 9.24. The molecule has 1 aromatic heterocycles. The van der Waals surface area contributed by atoms with Gasteiger partial charge in [-0.05, 0) is 49.6 Å². The van der Waals surface area contributed by atoms with E-state index in [0.717, 1.165) is 23.2 Å². The van der Waals surface area contributed by atoms with E-state index in [4.69, 9.17) is 10.3 Å². The molecular weight excluding hydrogens is 458 g/mol. The molecule has 2 saturated heterocycles. The lowest BCUT2D eigenvalue weighted by atomic mass is 9.77. The third kappa shape index (κ3) is 3.98. The van der Waals surface area contributed by atoms with Gasteiger partial charge in [-0.3, -0.25) is 14.7 Å². The number of amides is 2. The predicted octanol–water partition coefficient (Wildman–Crippen LogP) is 4.45. The number of carbonyl (C=O) groups excluding carboxylic acids is 2. The van der Waals surface area contributed by atoms with Crippen LogP contribution < -0.4 is 15.0 Å². The van der Waals surface area contributed by atoms with Crippen LogP contribution in [0, 0.1) is 10.9 Å². The van der Waals surface area contributed by atoms with Crippen molar-refractivity contribution < 1.29 is 14.3 Å². The summed E-state index contributed by atoms with van der Waals surface area (Å²) in [6.45, 7) is 1.67. The van der Waals surface area contributed by atoms with Gasteiger partial charge in [0.05, 0.1) is 24.4 Å². The Hall–Kier alpha value is -4.21.